The molecule has 0 fully saturated rings. The lowest BCUT2D eigenvalue weighted by atomic mass is 9.99. The van der Waals surface area contributed by atoms with Crippen molar-refractivity contribution in [1.82, 2.24) is 0 Å². The number of hydrogen-bond donors (Lipinski definition) is 2. The molecular formula is C19H21NO4. The monoisotopic (exact) mass is 327 g/mol. The molecule has 5 heteroatoms. The molecule has 0 unspecified atom stereocenters. The van der Waals surface area contributed by atoms with Crippen molar-refractivity contribution in [2.45, 2.75) is 26.2 Å². The van der Waals surface area contributed by atoms with E-state index >= 15 is 0 Å². The summed E-state index contributed by atoms with van der Waals surface area (Å²) in [6.45, 7) is 3.89. The van der Waals surface area contributed by atoms with Crippen molar-refractivity contribution in [2.24, 2.45) is 0 Å². The molecule has 0 aliphatic rings. The fourth-order valence-corrected chi connectivity index (χ4v) is 2.18. The van der Waals surface area contributed by atoms with Gasteiger partial charge in [-0.15, -0.1) is 0 Å². The van der Waals surface area contributed by atoms with Gasteiger partial charge in [0, 0.05) is 5.69 Å². The summed E-state index contributed by atoms with van der Waals surface area (Å²) in [6.07, 6.45) is 1.05. The lowest BCUT2D eigenvalue weighted by Crippen LogP contribution is -2.20. The van der Waals surface area contributed by atoms with Gasteiger partial charge < -0.3 is 15.2 Å². The van der Waals surface area contributed by atoms with Gasteiger partial charge in [-0.05, 0) is 48.2 Å². The standard InChI is InChI=1S/C19H21NO4/c1-3-13(2)14-7-9-16(10-8-14)20-18(22)12-24-19(23)15-5-4-6-17(21)11-15/h4-11,13,21H,3,12H2,1-2H3,(H,20,22)/t13-/m1/s1. The molecule has 0 aliphatic carbocycles. The molecule has 0 aliphatic heterocycles. The molecule has 2 rings (SSSR count). The maximum absolute atomic E-state index is 11.9. The number of amides is 1. The molecule has 2 aromatic rings. The van der Waals surface area contributed by atoms with Crippen molar-refractivity contribution in [2.75, 3.05) is 11.9 Å². The topological polar surface area (TPSA) is 75.6 Å². The van der Waals surface area contributed by atoms with Gasteiger partial charge in [-0.2, -0.15) is 0 Å². The van der Waals surface area contributed by atoms with Crippen LogP contribution in [0.1, 0.15) is 42.1 Å². The van der Waals surface area contributed by atoms with Crippen LogP contribution in [0, 0.1) is 0 Å². The molecule has 2 N–H and O–H groups in total. The van der Waals surface area contributed by atoms with Gasteiger partial charge in [0.1, 0.15) is 5.75 Å². The average molecular weight is 327 g/mol. The van der Waals surface area contributed by atoms with Crippen LogP contribution < -0.4 is 5.32 Å². The SMILES string of the molecule is CC[C@@H](C)c1ccc(NC(=O)COC(=O)c2cccc(O)c2)cc1. The first-order chi connectivity index (χ1) is 11.5. The number of phenolic OH excluding ortho intramolecular Hbond substituents is 1. The van der Waals surface area contributed by atoms with Crippen molar-refractivity contribution in [3.63, 3.8) is 0 Å². The van der Waals surface area contributed by atoms with Crippen LogP contribution >= 0.6 is 0 Å². The van der Waals surface area contributed by atoms with E-state index in [1.165, 1.54) is 29.8 Å². The quantitative estimate of drug-likeness (QED) is 0.793. The fourth-order valence-electron chi connectivity index (χ4n) is 2.18. The first-order valence-electron chi connectivity index (χ1n) is 7.85. The predicted molar refractivity (Wildman–Crippen MR) is 92.2 cm³/mol. The summed E-state index contributed by atoms with van der Waals surface area (Å²) < 4.78 is 4.93. The van der Waals surface area contributed by atoms with E-state index < -0.39 is 11.9 Å². The third kappa shape index (κ3) is 4.84. The third-order valence-electron chi connectivity index (χ3n) is 3.79. The van der Waals surface area contributed by atoms with Crippen LogP contribution in [0.15, 0.2) is 48.5 Å². The number of hydrogen-bond acceptors (Lipinski definition) is 4. The predicted octanol–water partition coefficient (Wildman–Crippen LogP) is 3.70. The second-order valence-corrected chi connectivity index (χ2v) is 5.61. The van der Waals surface area contributed by atoms with E-state index in [0.29, 0.717) is 11.6 Å². The molecule has 0 bridgehead atoms. The molecule has 0 saturated heterocycles. The molecular weight excluding hydrogens is 306 g/mol. The molecule has 1 atom stereocenters. The zero-order valence-corrected chi connectivity index (χ0v) is 13.8. The number of carbonyl (C=O) groups is 2. The van der Waals surface area contributed by atoms with Crippen LogP contribution in [-0.4, -0.2) is 23.6 Å². The van der Waals surface area contributed by atoms with E-state index in [-0.39, 0.29) is 17.9 Å². The van der Waals surface area contributed by atoms with Crippen molar-refractivity contribution in [3.05, 3.63) is 59.7 Å². The van der Waals surface area contributed by atoms with Crippen LogP contribution in [0.2, 0.25) is 0 Å². The molecule has 0 spiro atoms. The van der Waals surface area contributed by atoms with Gasteiger partial charge in [-0.3, -0.25) is 4.79 Å². The highest BCUT2D eigenvalue weighted by Gasteiger charge is 2.11. The molecule has 0 saturated carbocycles. The van der Waals surface area contributed by atoms with Gasteiger partial charge in [0.2, 0.25) is 0 Å². The Morgan fingerprint density at radius 3 is 2.50 bits per heavy atom. The Morgan fingerprint density at radius 1 is 1.17 bits per heavy atom. The van der Waals surface area contributed by atoms with Crippen molar-refractivity contribution < 1.29 is 19.4 Å². The molecule has 24 heavy (non-hydrogen) atoms. The number of carbonyl (C=O) groups excluding carboxylic acids is 2. The number of esters is 1. The van der Waals surface area contributed by atoms with E-state index in [0.717, 1.165) is 6.42 Å². The molecule has 0 heterocycles. The van der Waals surface area contributed by atoms with Gasteiger partial charge >= 0.3 is 5.97 Å². The van der Waals surface area contributed by atoms with Gasteiger partial charge in [-0.25, -0.2) is 4.79 Å². The lowest BCUT2D eigenvalue weighted by Gasteiger charge is -2.10. The van der Waals surface area contributed by atoms with Crippen LogP contribution in [0.4, 0.5) is 5.69 Å². The molecule has 1 amide bonds. The van der Waals surface area contributed by atoms with E-state index in [2.05, 4.69) is 19.2 Å². The summed E-state index contributed by atoms with van der Waals surface area (Å²) in [4.78, 5) is 23.6. The highest BCUT2D eigenvalue weighted by Crippen LogP contribution is 2.20. The third-order valence-corrected chi connectivity index (χ3v) is 3.79. The molecule has 5 nitrogen and oxygen atoms in total. The Labute approximate surface area is 141 Å². The number of ether oxygens (including phenoxy) is 1. The Morgan fingerprint density at radius 2 is 1.88 bits per heavy atom. The number of aromatic hydroxyl groups is 1. The molecule has 0 radical (unpaired) electrons. The van der Waals surface area contributed by atoms with Crippen molar-refractivity contribution >= 4 is 17.6 Å². The van der Waals surface area contributed by atoms with Crippen LogP contribution in [0.5, 0.6) is 5.75 Å². The number of benzene rings is 2. The summed E-state index contributed by atoms with van der Waals surface area (Å²) in [5, 5.41) is 12.0. The van der Waals surface area contributed by atoms with E-state index in [1.807, 2.05) is 24.3 Å². The Hall–Kier alpha value is -2.82. The van der Waals surface area contributed by atoms with Crippen LogP contribution in [0.3, 0.4) is 0 Å². The summed E-state index contributed by atoms with van der Waals surface area (Å²) in [5.41, 5.74) is 2.06. The van der Waals surface area contributed by atoms with Crippen LogP contribution in [0.25, 0.3) is 0 Å². The van der Waals surface area contributed by atoms with Crippen molar-refractivity contribution in [3.8, 4) is 5.75 Å². The molecule has 2 aromatic carbocycles. The molecule has 0 aromatic heterocycles. The smallest absolute Gasteiger partial charge is 0.338 e. The summed E-state index contributed by atoms with van der Waals surface area (Å²) >= 11 is 0. The summed E-state index contributed by atoms with van der Waals surface area (Å²) in [6, 6.07) is 13.4. The Balaban J connectivity index is 1.86. The number of nitrogens with one attached hydrogen (secondary N) is 1. The summed E-state index contributed by atoms with van der Waals surface area (Å²) in [7, 11) is 0. The first kappa shape index (κ1) is 17.5. The highest BCUT2D eigenvalue weighted by atomic mass is 16.5. The normalized spacial score (nSPS) is 11.6. The Bertz CT molecular complexity index is 710. The van der Waals surface area contributed by atoms with E-state index in [4.69, 9.17) is 4.74 Å². The van der Waals surface area contributed by atoms with Gasteiger partial charge in [0.15, 0.2) is 6.61 Å². The fraction of sp³-hybridized carbons (Fsp3) is 0.263. The number of phenols is 1. The van der Waals surface area contributed by atoms with E-state index in [9.17, 15) is 14.7 Å². The minimum atomic E-state index is -0.659. The van der Waals surface area contributed by atoms with Crippen molar-refractivity contribution in [1.29, 1.82) is 0 Å². The maximum Gasteiger partial charge on any atom is 0.338 e. The average Bonchev–Trinajstić information content (AvgIpc) is 2.59. The second kappa shape index (κ2) is 8.15. The minimum absolute atomic E-state index is 0.0321. The maximum atomic E-state index is 11.9. The van der Waals surface area contributed by atoms with E-state index in [1.54, 1.807) is 0 Å². The van der Waals surface area contributed by atoms with Gasteiger partial charge in [-0.1, -0.05) is 32.0 Å². The minimum Gasteiger partial charge on any atom is -0.508 e. The Kier molecular flexibility index (Phi) is 5.95. The highest BCUT2D eigenvalue weighted by molar-refractivity contribution is 5.95. The largest absolute Gasteiger partial charge is 0.508 e. The zero-order valence-electron chi connectivity index (χ0n) is 13.8. The second-order valence-electron chi connectivity index (χ2n) is 5.61. The van der Waals surface area contributed by atoms with Gasteiger partial charge in [0.05, 0.1) is 5.56 Å². The van der Waals surface area contributed by atoms with Gasteiger partial charge in [0.25, 0.3) is 5.91 Å². The number of rotatable bonds is 6. The molecule has 126 valence electrons. The lowest BCUT2D eigenvalue weighted by molar-refractivity contribution is -0.119. The van der Waals surface area contributed by atoms with Crippen LogP contribution in [-0.2, 0) is 9.53 Å². The number of anilines is 1. The zero-order chi connectivity index (χ0) is 17.5. The first-order valence-corrected chi connectivity index (χ1v) is 7.85. The summed E-state index contributed by atoms with van der Waals surface area (Å²) in [5.74, 6) is -0.638.